The molecule has 25 heavy (non-hydrogen) atoms. The van der Waals surface area contributed by atoms with E-state index in [0.29, 0.717) is 25.2 Å². The lowest BCUT2D eigenvalue weighted by Crippen LogP contribution is -2.50. The number of carbonyl (C=O) groups is 2. The lowest BCUT2D eigenvalue weighted by Gasteiger charge is -2.39. The zero-order chi connectivity index (χ0) is 17.8. The average Bonchev–Trinajstić information content (AvgIpc) is 2.67. The van der Waals surface area contributed by atoms with Crippen LogP contribution in [0.25, 0.3) is 0 Å². The van der Waals surface area contributed by atoms with Gasteiger partial charge in [0.1, 0.15) is 0 Å². The number of piperidine rings is 2. The first kappa shape index (κ1) is 17.9. The molecule has 0 aromatic heterocycles. The van der Waals surface area contributed by atoms with Crippen molar-refractivity contribution in [2.75, 3.05) is 26.2 Å². The highest BCUT2D eigenvalue weighted by molar-refractivity contribution is 5.94. The standard InChI is InChI=1S/C20H28N2O3/c1-15(23)17-9-5-11-21(13-17)20(25)18-10-6-12-22(14-18)19(24)16-7-3-2-4-8-16/h2-4,7-8,15,17-18,23H,5-6,9-14H2,1H3. The Bertz CT molecular complexity index is 602. The van der Waals surface area contributed by atoms with E-state index in [1.165, 1.54) is 0 Å². The zero-order valence-electron chi connectivity index (χ0n) is 14.9. The molecule has 2 aliphatic heterocycles. The molecule has 5 heteroatoms. The predicted molar refractivity (Wildman–Crippen MR) is 96.1 cm³/mol. The van der Waals surface area contributed by atoms with E-state index >= 15 is 0 Å². The Balaban J connectivity index is 1.63. The van der Waals surface area contributed by atoms with Crippen LogP contribution in [0.5, 0.6) is 0 Å². The van der Waals surface area contributed by atoms with Crippen LogP contribution in [0.1, 0.15) is 43.0 Å². The molecule has 0 spiro atoms. The normalized spacial score (nSPS) is 25.5. The Morgan fingerprint density at radius 1 is 1.04 bits per heavy atom. The molecule has 0 aliphatic carbocycles. The van der Waals surface area contributed by atoms with Crippen LogP contribution in [0.4, 0.5) is 0 Å². The first-order valence-electron chi connectivity index (χ1n) is 9.37. The second-order valence-electron chi connectivity index (χ2n) is 7.38. The molecule has 3 atom stereocenters. The summed E-state index contributed by atoms with van der Waals surface area (Å²) in [6.45, 7) is 4.43. The zero-order valence-corrected chi connectivity index (χ0v) is 14.9. The molecule has 2 aliphatic rings. The Morgan fingerprint density at radius 3 is 2.44 bits per heavy atom. The Hall–Kier alpha value is -1.88. The van der Waals surface area contributed by atoms with Crippen LogP contribution in [-0.4, -0.2) is 59.0 Å². The number of amides is 2. The number of benzene rings is 1. The molecular formula is C20H28N2O3. The van der Waals surface area contributed by atoms with E-state index < -0.39 is 0 Å². The molecule has 2 amide bonds. The van der Waals surface area contributed by atoms with E-state index in [1.807, 2.05) is 40.1 Å². The third-order valence-corrected chi connectivity index (χ3v) is 5.53. The highest BCUT2D eigenvalue weighted by atomic mass is 16.3. The lowest BCUT2D eigenvalue weighted by molar-refractivity contribution is -0.139. The largest absolute Gasteiger partial charge is 0.393 e. The minimum Gasteiger partial charge on any atom is -0.393 e. The van der Waals surface area contributed by atoms with Crippen molar-refractivity contribution >= 4 is 11.8 Å². The molecule has 0 saturated carbocycles. The van der Waals surface area contributed by atoms with Gasteiger partial charge >= 0.3 is 0 Å². The molecule has 0 bridgehead atoms. The number of rotatable bonds is 3. The fourth-order valence-electron chi connectivity index (χ4n) is 3.99. The summed E-state index contributed by atoms with van der Waals surface area (Å²) in [7, 11) is 0. The fraction of sp³-hybridized carbons (Fsp3) is 0.600. The van der Waals surface area contributed by atoms with Crippen LogP contribution in [0, 0.1) is 11.8 Å². The first-order chi connectivity index (χ1) is 12.1. The maximum absolute atomic E-state index is 12.9. The van der Waals surface area contributed by atoms with Gasteiger partial charge in [-0.3, -0.25) is 9.59 Å². The number of hydrogen-bond acceptors (Lipinski definition) is 3. The summed E-state index contributed by atoms with van der Waals surface area (Å²) in [6.07, 6.45) is 3.25. The molecular weight excluding hydrogens is 316 g/mol. The maximum atomic E-state index is 12.9. The van der Waals surface area contributed by atoms with Crippen LogP contribution in [0.15, 0.2) is 30.3 Å². The van der Waals surface area contributed by atoms with Gasteiger partial charge in [-0.25, -0.2) is 0 Å². The van der Waals surface area contributed by atoms with Gasteiger partial charge in [-0.2, -0.15) is 0 Å². The van der Waals surface area contributed by atoms with Crippen LogP contribution in [0.2, 0.25) is 0 Å². The van der Waals surface area contributed by atoms with E-state index in [4.69, 9.17) is 0 Å². The van der Waals surface area contributed by atoms with Crippen molar-refractivity contribution in [1.29, 1.82) is 0 Å². The Kier molecular flexibility index (Phi) is 5.74. The molecule has 2 fully saturated rings. The van der Waals surface area contributed by atoms with Gasteiger partial charge in [-0.05, 0) is 44.7 Å². The maximum Gasteiger partial charge on any atom is 0.253 e. The molecule has 1 aromatic carbocycles. The second kappa shape index (κ2) is 8.00. The Labute approximate surface area is 149 Å². The molecule has 3 unspecified atom stereocenters. The topological polar surface area (TPSA) is 60.9 Å². The van der Waals surface area contributed by atoms with Gasteiger partial charge in [-0.15, -0.1) is 0 Å². The van der Waals surface area contributed by atoms with E-state index in [1.54, 1.807) is 6.92 Å². The highest BCUT2D eigenvalue weighted by Gasteiger charge is 2.34. The summed E-state index contributed by atoms with van der Waals surface area (Å²) in [5.41, 5.74) is 0.683. The lowest BCUT2D eigenvalue weighted by atomic mass is 9.90. The van der Waals surface area contributed by atoms with E-state index in [-0.39, 0.29) is 29.8 Å². The number of likely N-dealkylation sites (tertiary alicyclic amines) is 2. The third-order valence-electron chi connectivity index (χ3n) is 5.53. The molecule has 2 heterocycles. The van der Waals surface area contributed by atoms with E-state index in [9.17, 15) is 14.7 Å². The van der Waals surface area contributed by atoms with Crippen molar-refractivity contribution in [1.82, 2.24) is 9.80 Å². The summed E-state index contributed by atoms with van der Waals surface area (Å²) in [5.74, 6) is 0.215. The molecule has 136 valence electrons. The SMILES string of the molecule is CC(O)C1CCCN(C(=O)C2CCCN(C(=O)c3ccccc3)C2)C1. The van der Waals surface area contributed by atoms with Gasteiger partial charge in [0.15, 0.2) is 0 Å². The summed E-state index contributed by atoms with van der Waals surface area (Å²) in [4.78, 5) is 29.3. The summed E-state index contributed by atoms with van der Waals surface area (Å²) < 4.78 is 0. The average molecular weight is 344 g/mol. The van der Waals surface area contributed by atoms with Crippen molar-refractivity contribution < 1.29 is 14.7 Å². The van der Waals surface area contributed by atoms with Crippen LogP contribution >= 0.6 is 0 Å². The molecule has 2 saturated heterocycles. The van der Waals surface area contributed by atoms with E-state index in [2.05, 4.69) is 0 Å². The second-order valence-corrected chi connectivity index (χ2v) is 7.38. The number of carbonyl (C=O) groups excluding carboxylic acids is 2. The van der Waals surface area contributed by atoms with Crippen LogP contribution in [-0.2, 0) is 4.79 Å². The molecule has 0 radical (unpaired) electrons. The van der Waals surface area contributed by atoms with Crippen LogP contribution < -0.4 is 0 Å². The van der Waals surface area contributed by atoms with Gasteiger partial charge in [-0.1, -0.05) is 18.2 Å². The van der Waals surface area contributed by atoms with Gasteiger partial charge in [0.25, 0.3) is 5.91 Å². The minimum absolute atomic E-state index is 0.0126. The number of hydrogen-bond donors (Lipinski definition) is 1. The summed E-state index contributed by atoms with van der Waals surface area (Å²) in [6, 6.07) is 9.28. The number of aliphatic hydroxyl groups is 1. The van der Waals surface area contributed by atoms with Gasteiger partial charge in [0, 0.05) is 37.7 Å². The van der Waals surface area contributed by atoms with Crippen molar-refractivity contribution in [2.45, 2.75) is 38.7 Å². The predicted octanol–water partition coefficient (Wildman–Crippen LogP) is 2.16. The molecule has 3 rings (SSSR count). The Morgan fingerprint density at radius 2 is 1.72 bits per heavy atom. The quantitative estimate of drug-likeness (QED) is 0.914. The van der Waals surface area contributed by atoms with Crippen molar-refractivity contribution in [3.05, 3.63) is 35.9 Å². The van der Waals surface area contributed by atoms with E-state index in [0.717, 1.165) is 32.2 Å². The van der Waals surface area contributed by atoms with Crippen LogP contribution in [0.3, 0.4) is 0 Å². The van der Waals surface area contributed by atoms with Gasteiger partial charge < -0.3 is 14.9 Å². The van der Waals surface area contributed by atoms with Crippen molar-refractivity contribution in [3.63, 3.8) is 0 Å². The monoisotopic (exact) mass is 344 g/mol. The first-order valence-corrected chi connectivity index (χ1v) is 9.37. The fourth-order valence-corrected chi connectivity index (χ4v) is 3.99. The summed E-state index contributed by atoms with van der Waals surface area (Å²) in [5, 5.41) is 9.84. The molecule has 1 aromatic rings. The van der Waals surface area contributed by atoms with Crippen molar-refractivity contribution in [2.24, 2.45) is 11.8 Å². The summed E-state index contributed by atoms with van der Waals surface area (Å²) >= 11 is 0. The van der Waals surface area contributed by atoms with Gasteiger partial charge in [0.2, 0.25) is 5.91 Å². The number of aliphatic hydroxyl groups excluding tert-OH is 1. The number of nitrogens with zero attached hydrogens (tertiary/aromatic N) is 2. The van der Waals surface area contributed by atoms with Gasteiger partial charge in [0.05, 0.1) is 12.0 Å². The third kappa shape index (κ3) is 4.21. The highest BCUT2D eigenvalue weighted by Crippen LogP contribution is 2.25. The molecule has 5 nitrogen and oxygen atoms in total. The smallest absolute Gasteiger partial charge is 0.253 e. The van der Waals surface area contributed by atoms with Crippen molar-refractivity contribution in [3.8, 4) is 0 Å². The molecule has 1 N–H and O–H groups in total. The minimum atomic E-state index is -0.377.